The maximum Gasteiger partial charge on any atom is 0.253 e. The summed E-state index contributed by atoms with van der Waals surface area (Å²) in [7, 11) is 1.64. The molecule has 158 valence electrons. The van der Waals surface area contributed by atoms with Gasteiger partial charge in [-0.15, -0.1) is 0 Å². The van der Waals surface area contributed by atoms with Gasteiger partial charge in [0.05, 0.1) is 13.0 Å². The van der Waals surface area contributed by atoms with Crippen LogP contribution in [0, 0.1) is 5.92 Å². The molecule has 0 spiro atoms. The van der Waals surface area contributed by atoms with E-state index >= 15 is 0 Å². The maximum atomic E-state index is 13.4. The van der Waals surface area contributed by atoms with Crippen molar-refractivity contribution in [2.45, 2.75) is 25.2 Å². The second-order valence-electron chi connectivity index (χ2n) is 8.09. The standard InChI is InChI=1S/C24H27ClN2O3/c1-30-20-11-7-17(8-12-20)21-15-27(23(28)18-5-9-19(25)10-6-18)16-22(21)24(29)26-13-3-2-4-14-26/h5-12,21-22H,2-4,13-16H2,1H3. The summed E-state index contributed by atoms with van der Waals surface area (Å²) in [4.78, 5) is 30.3. The first kappa shape index (κ1) is 20.7. The Morgan fingerprint density at radius 3 is 2.20 bits per heavy atom. The molecule has 0 aromatic heterocycles. The molecule has 4 rings (SSSR count). The third-order valence-electron chi connectivity index (χ3n) is 6.23. The van der Waals surface area contributed by atoms with E-state index in [1.165, 1.54) is 6.42 Å². The Morgan fingerprint density at radius 1 is 0.900 bits per heavy atom. The molecule has 0 bridgehead atoms. The van der Waals surface area contributed by atoms with Crippen molar-refractivity contribution in [3.63, 3.8) is 0 Å². The monoisotopic (exact) mass is 426 g/mol. The summed E-state index contributed by atoms with van der Waals surface area (Å²) in [5, 5.41) is 0.599. The lowest BCUT2D eigenvalue weighted by Gasteiger charge is -2.31. The van der Waals surface area contributed by atoms with Crippen LogP contribution in [-0.4, -0.2) is 54.9 Å². The molecule has 0 radical (unpaired) electrons. The maximum absolute atomic E-state index is 13.4. The van der Waals surface area contributed by atoms with Gasteiger partial charge in [-0.1, -0.05) is 23.7 Å². The molecule has 2 fully saturated rings. The molecule has 2 aliphatic heterocycles. The molecule has 2 aromatic carbocycles. The van der Waals surface area contributed by atoms with Gasteiger partial charge in [0.25, 0.3) is 5.91 Å². The summed E-state index contributed by atoms with van der Waals surface area (Å²) in [6.07, 6.45) is 3.29. The van der Waals surface area contributed by atoms with Gasteiger partial charge < -0.3 is 14.5 Å². The summed E-state index contributed by atoms with van der Waals surface area (Å²) in [5.74, 6) is 0.639. The van der Waals surface area contributed by atoms with Gasteiger partial charge in [-0.3, -0.25) is 9.59 Å². The molecule has 30 heavy (non-hydrogen) atoms. The number of carbonyl (C=O) groups excluding carboxylic acids is 2. The zero-order chi connectivity index (χ0) is 21.1. The number of piperidine rings is 1. The molecule has 0 saturated carbocycles. The van der Waals surface area contributed by atoms with Crippen molar-refractivity contribution >= 4 is 23.4 Å². The van der Waals surface area contributed by atoms with Gasteiger partial charge in [-0.25, -0.2) is 0 Å². The number of carbonyl (C=O) groups is 2. The molecular weight excluding hydrogens is 400 g/mol. The molecule has 2 amide bonds. The smallest absolute Gasteiger partial charge is 0.253 e. The first-order valence-electron chi connectivity index (χ1n) is 10.5. The largest absolute Gasteiger partial charge is 0.497 e. The quantitative estimate of drug-likeness (QED) is 0.735. The Hall–Kier alpha value is -2.53. The first-order chi connectivity index (χ1) is 14.6. The normalized spacial score (nSPS) is 21.5. The van der Waals surface area contributed by atoms with Gasteiger partial charge in [0.2, 0.25) is 5.91 Å². The average Bonchev–Trinajstić information content (AvgIpc) is 3.24. The van der Waals surface area contributed by atoms with E-state index in [9.17, 15) is 9.59 Å². The van der Waals surface area contributed by atoms with Crippen LogP contribution in [-0.2, 0) is 4.79 Å². The second kappa shape index (κ2) is 9.09. The lowest BCUT2D eigenvalue weighted by molar-refractivity contribution is -0.136. The summed E-state index contributed by atoms with van der Waals surface area (Å²) in [6.45, 7) is 2.59. The molecule has 2 aliphatic rings. The minimum Gasteiger partial charge on any atom is -0.497 e. The van der Waals surface area contributed by atoms with Crippen LogP contribution in [0.3, 0.4) is 0 Å². The van der Waals surface area contributed by atoms with Crippen molar-refractivity contribution in [1.82, 2.24) is 9.80 Å². The molecule has 5 nitrogen and oxygen atoms in total. The number of benzene rings is 2. The molecule has 0 aliphatic carbocycles. The Morgan fingerprint density at radius 2 is 1.57 bits per heavy atom. The number of halogens is 1. The number of methoxy groups -OCH3 is 1. The van der Waals surface area contributed by atoms with Crippen LogP contribution in [0.25, 0.3) is 0 Å². The van der Waals surface area contributed by atoms with Gasteiger partial charge in [0, 0.05) is 42.7 Å². The number of hydrogen-bond donors (Lipinski definition) is 0. The fourth-order valence-electron chi connectivity index (χ4n) is 4.53. The van der Waals surface area contributed by atoms with Crippen molar-refractivity contribution < 1.29 is 14.3 Å². The van der Waals surface area contributed by atoms with Gasteiger partial charge >= 0.3 is 0 Å². The highest BCUT2D eigenvalue weighted by molar-refractivity contribution is 6.30. The Bertz CT molecular complexity index is 892. The van der Waals surface area contributed by atoms with Gasteiger partial charge in [-0.2, -0.15) is 0 Å². The summed E-state index contributed by atoms with van der Waals surface area (Å²) >= 11 is 5.97. The predicted molar refractivity (Wildman–Crippen MR) is 117 cm³/mol. The highest BCUT2D eigenvalue weighted by atomic mass is 35.5. The van der Waals surface area contributed by atoms with Crippen LogP contribution in [0.5, 0.6) is 5.75 Å². The zero-order valence-electron chi connectivity index (χ0n) is 17.2. The fraction of sp³-hybridized carbons (Fsp3) is 0.417. The number of likely N-dealkylation sites (tertiary alicyclic amines) is 2. The van der Waals surface area contributed by atoms with Crippen LogP contribution in [0.15, 0.2) is 48.5 Å². The number of ether oxygens (including phenoxy) is 1. The van der Waals surface area contributed by atoms with E-state index in [0.717, 1.165) is 37.2 Å². The summed E-state index contributed by atoms with van der Waals surface area (Å²) in [6, 6.07) is 14.8. The predicted octanol–water partition coefficient (Wildman–Crippen LogP) is 4.22. The van der Waals surface area contributed by atoms with Crippen LogP contribution in [0.1, 0.15) is 41.1 Å². The van der Waals surface area contributed by atoms with Gasteiger partial charge in [0.15, 0.2) is 0 Å². The molecule has 2 unspecified atom stereocenters. The summed E-state index contributed by atoms with van der Waals surface area (Å²) in [5.41, 5.74) is 1.66. The van der Waals surface area contributed by atoms with E-state index in [4.69, 9.17) is 16.3 Å². The SMILES string of the molecule is COc1ccc(C2CN(C(=O)c3ccc(Cl)cc3)CC2C(=O)N2CCCCC2)cc1. The highest BCUT2D eigenvalue weighted by Crippen LogP contribution is 2.36. The molecule has 0 N–H and O–H groups in total. The van der Waals surface area contributed by atoms with Crippen molar-refractivity contribution in [2.24, 2.45) is 5.92 Å². The number of nitrogens with zero attached hydrogens (tertiary/aromatic N) is 2. The highest BCUT2D eigenvalue weighted by Gasteiger charge is 2.42. The van der Waals surface area contributed by atoms with Crippen molar-refractivity contribution in [3.05, 3.63) is 64.7 Å². The average molecular weight is 427 g/mol. The lowest BCUT2D eigenvalue weighted by atomic mass is 9.87. The minimum atomic E-state index is -0.229. The van der Waals surface area contributed by atoms with Crippen LogP contribution >= 0.6 is 11.6 Å². The van der Waals surface area contributed by atoms with E-state index in [0.29, 0.717) is 23.7 Å². The molecule has 6 heteroatoms. The van der Waals surface area contributed by atoms with Crippen LogP contribution in [0.4, 0.5) is 0 Å². The number of rotatable bonds is 4. The van der Waals surface area contributed by atoms with Crippen molar-refractivity contribution in [1.29, 1.82) is 0 Å². The van der Waals surface area contributed by atoms with E-state index in [-0.39, 0.29) is 23.7 Å². The molecule has 2 heterocycles. The van der Waals surface area contributed by atoms with E-state index < -0.39 is 0 Å². The Labute approximate surface area is 182 Å². The van der Waals surface area contributed by atoms with E-state index in [1.54, 1.807) is 31.4 Å². The van der Waals surface area contributed by atoms with E-state index in [2.05, 4.69) is 0 Å². The molecule has 2 saturated heterocycles. The van der Waals surface area contributed by atoms with Crippen molar-refractivity contribution in [2.75, 3.05) is 33.3 Å². The molecular formula is C24H27ClN2O3. The number of amides is 2. The first-order valence-corrected chi connectivity index (χ1v) is 10.9. The third-order valence-corrected chi connectivity index (χ3v) is 6.48. The molecule has 2 atom stereocenters. The van der Waals surface area contributed by atoms with Gasteiger partial charge in [-0.05, 0) is 61.2 Å². The van der Waals surface area contributed by atoms with E-state index in [1.807, 2.05) is 34.1 Å². The zero-order valence-corrected chi connectivity index (χ0v) is 18.0. The number of hydrogen-bond acceptors (Lipinski definition) is 3. The second-order valence-corrected chi connectivity index (χ2v) is 8.53. The Balaban J connectivity index is 1.59. The Kier molecular flexibility index (Phi) is 6.28. The van der Waals surface area contributed by atoms with Crippen LogP contribution < -0.4 is 4.74 Å². The fourth-order valence-corrected chi connectivity index (χ4v) is 4.66. The third kappa shape index (κ3) is 4.31. The van der Waals surface area contributed by atoms with Crippen LogP contribution in [0.2, 0.25) is 5.02 Å². The van der Waals surface area contributed by atoms with Crippen molar-refractivity contribution in [3.8, 4) is 5.75 Å². The molecule has 2 aromatic rings. The minimum absolute atomic E-state index is 0.0263. The topological polar surface area (TPSA) is 49.9 Å². The summed E-state index contributed by atoms with van der Waals surface area (Å²) < 4.78 is 5.28. The lowest BCUT2D eigenvalue weighted by Crippen LogP contribution is -2.42. The van der Waals surface area contributed by atoms with Gasteiger partial charge in [0.1, 0.15) is 5.75 Å².